The summed E-state index contributed by atoms with van der Waals surface area (Å²) in [6, 6.07) is 10.6. The summed E-state index contributed by atoms with van der Waals surface area (Å²) in [6.45, 7) is 2.28. The van der Waals surface area contributed by atoms with Gasteiger partial charge in [-0.1, -0.05) is 37.3 Å². The van der Waals surface area contributed by atoms with E-state index in [1.807, 2.05) is 12.1 Å². The third kappa shape index (κ3) is 4.00. The fourth-order valence-electron chi connectivity index (χ4n) is 3.39. The van der Waals surface area contributed by atoms with Gasteiger partial charge in [0.1, 0.15) is 0 Å². The Hall–Kier alpha value is -2.21. The minimum absolute atomic E-state index is 0.110. The molecule has 0 atom stereocenters. The van der Waals surface area contributed by atoms with Crippen LogP contribution in [0.3, 0.4) is 0 Å². The largest absolute Gasteiger partial charge is 0.231 e. The summed E-state index contributed by atoms with van der Waals surface area (Å²) >= 11 is 0. The summed E-state index contributed by atoms with van der Waals surface area (Å²) in [4.78, 5) is 3.14. The molecule has 1 nitrogen and oxygen atoms in total. The van der Waals surface area contributed by atoms with Gasteiger partial charge in [-0.15, -0.1) is 0 Å². The maximum atomic E-state index is 13.5. The first-order valence-corrected chi connectivity index (χ1v) is 8.59. The summed E-state index contributed by atoms with van der Waals surface area (Å²) < 4.78 is 26.2. The minimum atomic E-state index is -0.869. The van der Waals surface area contributed by atoms with E-state index in [-0.39, 0.29) is 5.56 Å². The van der Waals surface area contributed by atoms with Gasteiger partial charge in [0.25, 0.3) is 0 Å². The Morgan fingerprint density at radius 3 is 2.29 bits per heavy atom. The number of halogens is 2. The molecule has 0 spiro atoms. The molecular formula is C21H21F2N. The van der Waals surface area contributed by atoms with Crippen molar-refractivity contribution in [1.82, 2.24) is 4.98 Å². The van der Waals surface area contributed by atoms with Gasteiger partial charge in [-0.2, -0.15) is 13.8 Å². The fourth-order valence-corrected chi connectivity index (χ4v) is 3.39. The van der Waals surface area contributed by atoms with E-state index in [2.05, 4.69) is 35.9 Å². The van der Waals surface area contributed by atoms with Crippen molar-refractivity contribution in [3.63, 3.8) is 0 Å². The first-order valence-electron chi connectivity index (χ1n) is 8.59. The van der Waals surface area contributed by atoms with Gasteiger partial charge in [-0.3, -0.25) is 0 Å². The number of aromatic nitrogens is 1. The predicted octanol–water partition coefficient (Wildman–Crippen LogP) is 5.44. The van der Waals surface area contributed by atoms with Crippen molar-refractivity contribution in [2.75, 3.05) is 0 Å². The highest BCUT2D eigenvalue weighted by atomic mass is 19.1. The lowest BCUT2D eigenvalue weighted by molar-refractivity contribution is 0.319. The molecule has 0 N–H and O–H groups in total. The fraction of sp³-hybridized carbons (Fsp3) is 0.381. The molecule has 1 aromatic heterocycles. The number of benzene rings is 1. The summed E-state index contributed by atoms with van der Waals surface area (Å²) in [7, 11) is 0. The number of rotatable bonds is 2. The molecule has 1 aliphatic rings. The Morgan fingerprint density at radius 2 is 1.67 bits per heavy atom. The average molecular weight is 325 g/mol. The van der Waals surface area contributed by atoms with Crippen molar-refractivity contribution in [2.45, 2.75) is 44.9 Å². The van der Waals surface area contributed by atoms with E-state index in [1.165, 1.54) is 43.7 Å². The monoisotopic (exact) mass is 325 g/mol. The van der Waals surface area contributed by atoms with E-state index >= 15 is 0 Å². The SMILES string of the molecule is CCC1CCC(c2ccc(C#Cc3ccc(F)nc3F)cc2)CC1. The van der Waals surface area contributed by atoms with Crippen LogP contribution in [0.25, 0.3) is 0 Å². The molecule has 3 rings (SSSR count). The zero-order valence-electron chi connectivity index (χ0n) is 13.9. The Labute approximate surface area is 142 Å². The quantitative estimate of drug-likeness (QED) is 0.529. The zero-order valence-corrected chi connectivity index (χ0v) is 13.9. The second kappa shape index (κ2) is 7.57. The molecule has 0 unspecified atom stereocenters. The molecule has 124 valence electrons. The molecular weight excluding hydrogens is 304 g/mol. The van der Waals surface area contributed by atoms with Crippen LogP contribution in [-0.4, -0.2) is 4.98 Å². The molecule has 0 bridgehead atoms. The standard InChI is InChI=1S/C21H21F2N/c1-2-15-3-8-17(9-4-15)18-10-5-16(6-11-18)7-12-19-13-14-20(22)24-21(19)23/h5-6,10-11,13-15,17H,2-4,8-9H2,1H3. The Kier molecular flexibility index (Phi) is 5.25. The Bertz CT molecular complexity index is 748. The predicted molar refractivity (Wildman–Crippen MR) is 91.6 cm³/mol. The topological polar surface area (TPSA) is 12.9 Å². The zero-order chi connectivity index (χ0) is 16.9. The maximum Gasteiger partial charge on any atom is 0.231 e. The lowest BCUT2D eigenvalue weighted by atomic mass is 9.78. The van der Waals surface area contributed by atoms with E-state index < -0.39 is 11.9 Å². The molecule has 24 heavy (non-hydrogen) atoms. The van der Waals surface area contributed by atoms with E-state index in [1.54, 1.807) is 0 Å². The van der Waals surface area contributed by atoms with Crippen LogP contribution in [0.2, 0.25) is 0 Å². The molecule has 1 aromatic carbocycles. The average Bonchev–Trinajstić information content (AvgIpc) is 2.62. The van der Waals surface area contributed by atoms with Gasteiger partial charge in [0.05, 0.1) is 5.56 Å². The van der Waals surface area contributed by atoms with Crippen LogP contribution >= 0.6 is 0 Å². The van der Waals surface area contributed by atoms with Crippen molar-refractivity contribution in [3.05, 3.63) is 65.0 Å². The summed E-state index contributed by atoms with van der Waals surface area (Å²) in [5.74, 6) is 5.47. The highest BCUT2D eigenvalue weighted by Gasteiger charge is 2.20. The Balaban J connectivity index is 1.68. The van der Waals surface area contributed by atoms with Crippen molar-refractivity contribution in [3.8, 4) is 11.8 Å². The number of pyridine rings is 1. The second-order valence-electron chi connectivity index (χ2n) is 6.47. The number of hydrogen-bond acceptors (Lipinski definition) is 1. The summed E-state index contributed by atoms with van der Waals surface area (Å²) in [5.41, 5.74) is 2.30. The van der Waals surface area contributed by atoms with Gasteiger partial charge in [0, 0.05) is 5.56 Å². The van der Waals surface area contributed by atoms with Crippen LogP contribution in [0, 0.1) is 29.7 Å². The highest BCUT2D eigenvalue weighted by Crippen LogP contribution is 2.36. The molecule has 0 radical (unpaired) electrons. The summed E-state index contributed by atoms with van der Waals surface area (Å²) in [5, 5.41) is 0. The Morgan fingerprint density at radius 1 is 0.958 bits per heavy atom. The molecule has 1 fully saturated rings. The normalized spacial score (nSPS) is 20.3. The van der Waals surface area contributed by atoms with Crippen LogP contribution in [0.1, 0.15) is 61.6 Å². The van der Waals surface area contributed by atoms with Gasteiger partial charge in [-0.05, 0) is 67.3 Å². The molecule has 2 aromatic rings. The van der Waals surface area contributed by atoms with E-state index in [4.69, 9.17) is 0 Å². The maximum absolute atomic E-state index is 13.5. The lowest BCUT2D eigenvalue weighted by Gasteiger charge is -2.28. The molecule has 0 saturated heterocycles. The summed E-state index contributed by atoms with van der Waals surface area (Å²) in [6.07, 6.45) is 6.45. The lowest BCUT2D eigenvalue weighted by Crippen LogP contribution is -2.12. The minimum Gasteiger partial charge on any atom is -0.189 e. The van der Waals surface area contributed by atoms with Crippen molar-refractivity contribution >= 4 is 0 Å². The van der Waals surface area contributed by atoms with Gasteiger partial charge >= 0.3 is 0 Å². The van der Waals surface area contributed by atoms with Crippen molar-refractivity contribution < 1.29 is 8.78 Å². The van der Waals surface area contributed by atoms with E-state index in [0.29, 0.717) is 5.92 Å². The van der Waals surface area contributed by atoms with Crippen molar-refractivity contribution in [1.29, 1.82) is 0 Å². The van der Waals surface area contributed by atoms with Crippen molar-refractivity contribution in [2.24, 2.45) is 5.92 Å². The third-order valence-corrected chi connectivity index (χ3v) is 4.96. The number of hydrogen-bond donors (Lipinski definition) is 0. The van der Waals surface area contributed by atoms with Gasteiger partial charge in [0.15, 0.2) is 0 Å². The molecule has 0 aliphatic heterocycles. The first kappa shape index (κ1) is 16.6. The van der Waals surface area contributed by atoms with Gasteiger partial charge in [-0.25, -0.2) is 0 Å². The molecule has 1 aliphatic carbocycles. The molecule has 1 saturated carbocycles. The molecule has 3 heteroatoms. The van der Waals surface area contributed by atoms with Crippen LogP contribution in [0.15, 0.2) is 36.4 Å². The second-order valence-corrected chi connectivity index (χ2v) is 6.47. The van der Waals surface area contributed by atoms with Crippen LogP contribution in [-0.2, 0) is 0 Å². The van der Waals surface area contributed by atoms with Crippen LogP contribution in [0.4, 0.5) is 8.78 Å². The smallest absolute Gasteiger partial charge is 0.189 e. The molecule has 0 amide bonds. The van der Waals surface area contributed by atoms with Crippen LogP contribution < -0.4 is 0 Å². The number of nitrogens with zero attached hydrogens (tertiary/aromatic N) is 1. The highest BCUT2D eigenvalue weighted by molar-refractivity contribution is 5.43. The third-order valence-electron chi connectivity index (χ3n) is 4.96. The van der Waals surface area contributed by atoms with Crippen LogP contribution in [0.5, 0.6) is 0 Å². The van der Waals surface area contributed by atoms with Gasteiger partial charge < -0.3 is 0 Å². The van der Waals surface area contributed by atoms with E-state index in [9.17, 15) is 8.78 Å². The van der Waals surface area contributed by atoms with Gasteiger partial charge in [0.2, 0.25) is 11.9 Å². The van der Waals surface area contributed by atoms with E-state index in [0.717, 1.165) is 17.5 Å². The molecule has 1 heterocycles. The first-order chi connectivity index (χ1) is 11.7.